The first-order valence-electron chi connectivity index (χ1n) is 4.90. The Morgan fingerprint density at radius 1 is 1.00 bits per heavy atom. The number of halogens is 2. The largest absolute Gasteiger partial charge is 0.438 e. The molecule has 0 amide bonds. The summed E-state index contributed by atoms with van der Waals surface area (Å²) in [6, 6.07) is 9.18. The van der Waals surface area contributed by atoms with E-state index in [2.05, 4.69) is 9.97 Å². The van der Waals surface area contributed by atoms with Gasteiger partial charge < -0.3 is 4.42 Å². The molecule has 0 unspecified atom stereocenters. The second kappa shape index (κ2) is 4.02. The van der Waals surface area contributed by atoms with E-state index in [1.807, 2.05) is 18.2 Å². The molecule has 0 aliphatic heterocycles. The highest BCUT2D eigenvalue weighted by Crippen LogP contribution is 2.30. The summed E-state index contributed by atoms with van der Waals surface area (Å²) in [5.74, 6) is 0.694. The predicted molar refractivity (Wildman–Crippen MR) is 67.3 cm³/mol. The molecule has 0 aliphatic carbocycles. The van der Waals surface area contributed by atoms with Gasteiger partial charge in [0.05, 0.1) is 5.39 Å². The Labute approximate surface area is 107 Å². The molecule has 0 aliphatic rings. The lowest BCUT2D eigenvalue weighted by Gasteiger charge is -1.95. The zero-order valence-corrected chi connectivity index (χ0v) is 10.0. The van der Waals surface area contributed by atoms with Crippen LogP contribution in [0, 0.1) is 0 Å². The Kier molecular flexibility index (Phi) is 2.50. The van der Waals surface area contributed by atoms with Crippen molar-refractivity contribution in [1.82, 2.24) is 9.97 Å². The van der Waals surface area contributed by atoms with Gasteiger partial charge >= 0.3 is 0 Å². The highest BCUT2D eigenvalue weighted by molar-refractivity contribution is 6.34. The molecule has 17 heavy (non-hydrogen) atoms. The fourth-order valence-corrected chi connectivity index (χ4v) is 1.89. The van der Waals surface area contributed by atoms with E-state index in [0.717, 1.165) is 5.56 Å². The Morgan fingerprint density at radius 2 is 1.76 bits per heavy atom. The first-order chi connectivity index (χ1) is 8.24. The van der Waals surface area contributed by atoms with Crippen LogP contribution < -0.4 is 0 Å². The van der Waals surface area contributed by atoms with Crippen LogP contribution in [0.25, 0.3) is 22.4 Å². The number of fused-ring (bicyclic) bond motifs is 1. The van der Waals surface area contributed by atoms with Crippen LogP contribution in [-0.4, -0.2) is 9.97 Å². The first kappa shape index (κ1) is 10.6. The third-order valence-corrected chi connectivity index (χ3v) is 2.96. The molecule has 2 heterocycles. The van der Waals surface area contributed by atoms with Crippen LogP contribution >= 0.6 is 23.2 Å². The Morgan fingerprint density at radius 3 is 2.47 bits per heavy atom. The van der Waals surface area contributed by atoms with Gasteiger partial charge in [-0.1, -0.05) is 23.2 Å². The standard InChI is InChI=1S/C12H6Cl2N2O/c13-8-3-1-7(2-4-8)10-5-9-11(14)15-6-16-12(9)17-10/h1-6H. The third-order valence-electron chi connectivity index (χ3n) is 2.41. The van der Waals surface area contributed by atoms with Crippen LogP contribution in [0.4, 0.5) is 0 Å². The minimum absolute atomic E-state index is 0.388. The molecule has 0 spiro atoms. The van der Waals surface area contributed by atoms with E-state index in [9.17, 15) is 0 Å². The van der Waals surface area contributed by atoms with Crippen molar-refractivity contribution in [1.29, 1.82) is 0 Å². The van der Waals surface area contributed by atoms with E-state index in [4.69, 9.17) is 27.6 Å². The molecule has 3 nitrogen and oxygen atoms in total. The summed E-state index contributed by atoms with van der Waals surface area (Å²) in [6.07, 6.45) is 1.37. The molecule has 0 fully saturated rings. The average Bonchev–Trinajstić information content (AvgIpc) is 2.75. The number of hydrogen-bond acceptors (Lipinski definition) is 3. The lowest BCUT2D eigenvalue weighted by Crippen LogP contribution is -1.77. The number of furan rings is 1. The maximum Gasteiger partial charge on any atom is 0.231 e. The number of rotatable bonds is 1. The van der Waals surface area contributed by atoms with Gasteiger partial charge in [-0.2, -0.15) is 0 Å². The number of benzene rings is 1. The van der Waals surface area contributed by atoms with E-state index in [1.165, 1.54) is 6.33 Å². The van der Waals surface area contributed by atoms with Crippen molar-refractivity contribution in [2.75, 3.05) is 0 Å². The maximum atomic E-state index is 5.95. The van der Waals surface area contributed by atoms with Crippen LogP contribution in [0.3, 0.4) is 0 Å². The minimum Gasteiger partial charge on any atom is -0.438 e. The van der Waals surface area contributed by atoms with Gasteiger partial charge in [0.2, 0.25) is 5.71 Å². The summed E-state index contributed by atoms with van der Waals surface area (Å²) in [4.78, 5) is 7.92. The van der Waals surface area contributed by atoms with Crippen molar-refractivity contribution in [2.45, 2.75) is 0 Å². The molecule has 0 radical (unpaired) electrons. The summed E-state index contributed by atoms with van der Waals surface area (Å²) in [6.45, 7) is 0. The van der Waals surface area contributed by atoms with Gasteiger partial charge in [-0.3, -0.25) is 0 Å². The lowest BCUT2D eigenvalue weighted by molar-refractivity contribution is 0.617. The molecule has 0 saturated heterocycles. The van der Waals surface area contributed by atoms with Gasteiger partial charge in [-0.05, 0) is 30.3 Å². The van der Waals surface area contributed by atoms with E-state index >= 15 is 0 Å². The highest BCUT2D eigenvalue weighted by Gasteiger charge is 2.10. The van der Waals surface area contributed by atoms with Crippen molar-refractivity contribution in [3.05, 3.63) is 46.8 Å². The predicted octanol–water partition coefficient (Wildman–Crippen LogP) is 4.20. The van der Waals surface area contributed by atoms with Gasteiger partial charge in [0.1, 0.15) is 17.2 Å². The Balaban J connectivity index is 2.18. The molecule has 5 heteroatoms. The molecule has 1 aromatic carbocycles. The van der Waals surface area contributed by atoms with Crippen molar-refractivity contribution < 1.29 is 4.42 Å². The van der Waals surface area contributed by atoms with Crippen molar-refractivity contribution in [3.63, 3.8) is 0 Å². The molecule has 0 saturated carbocycles. The zero-order chi connectivity index (χ0) is 11.8. The van der Waals surface area contributed by atoms with Crippen LogP contribution in [0.5, 0.6) is 0 Å². The second-order valence-corrected chi connectivity index (χ2v) is 4.30. The van der Waals surface area contributed by atoms with Crippen molar-refractivity contribution in [3.8, 4) is 11.3 Å². The molecule has 0 N–H and O–H groups in total. The highest BCUT2D eigenvalue weighted by atomic mass is 35.5. The van der Waals surface area contributed by atoms with E-state index in [0.29, 0.717) is 27.0 Å². The summed E-state index contributed by atoms with van der Waals surface area (Å²) in [7, 11) is 0. The number of nitrogens with zero attached hydrogens (tertiary/aromatic N) is 2. The number of hydrogen-bond donors (Lipinski definition) is 0. The van der Waals surface area contributed by atoms with Gasteiger partial charge in [0.15, 0.2) is 0 Å². The third kappa shape index (κ3) is 1.88. The van der Waals surface area contributed by atoms with Crippen molar-refractivity contribution >= 4 is 34.3 Å². The summed E-state index contributed by atoms with van der Waals surface area (Å²) in [5, 5.41) is 1.78. The van der Waals surface area contributed by atoms with Gasteiger partial charge in [0, 0.05) is 10.6 Å². The van der Waals surface area contributed by atoms with Crippen molar-refractivity contribution in [2.24, 2.45) is 0 Å². The summed E-state index contributed by atoms with van der Waals surface area (Å²) >= 11 is 11.8. The molecular formula is C12H6Cl2N2O. The molecule has 0 atom stereocenters. The Hall–Kier alpha value is -1.58. The van der Waals surface area contributed by atoms with E-state index < -0.39 is 0 Å². The van der Waals surface area contributed by atoms with Crippen LogP contribution in [-0.2, 0) is 0 Å². The van der Waals surface area contributed by atoms with E-state index in [-0.39, 0.29) is 0 Å². The molecule has 3 rings (SSSR count). The van der Waals surface area contributed by atoms with Crippen LogP contribution in [0.1, 0.15) is 0 Å². The normalized spacial score (nSPS) is 10.9. The van der Waals surface area contributed by atoms with Crippen LogP contribution in [0.2, 0.25) is 10.2 Å². The second-order valence-electron chi connectivity index (χ2n) is 3.50. The minimum atomic E-state index is 0.388. The van der Waals surface area contributed by atoms with Crippen LogP contribution in [0.15, 0.2) is 41.1 Å². The maximum absolute atomic E-state index is 5.95. The lowest BCUT2D eigenvalue weighted by atomic mass is 10.2. The monoisotopic (exact) mass is 264 g/mol. The number of aromatic nitrogens is 2. The zero-order valence-electron chi connectivity index (χ0n) is 8.52. The molecule has 3 aromatic rings. The molecular weight excluding hydrogens is 259 g/mol. The van der Waals surface area contributed by atoms with E-state index in [1.54, 1.807) is 12.1 Å². The quantitative estimate of drug-likeness (QED) is 0.619. The molecule has 2 aromatic heterocycles. The summed E-state index contributed by atoms with van der Waals surface area (Å²) < 4.78 is 5.60. The Bertz CT molecular complexity index is 677. The molecule has 84 valence electrons. The molecule has 0 bridgehead atoms. The van der Waals surface area contributed by atoms with Gasteiger partial charge in [-0.25, -0.2) is 9.97 Å². The fraction of sp³-hybridized carbons (Fsp3) is 0. The fourth-order valence-electron chi connectivity index (χ4n) is 1.58. The van der Waals surface area contributed by atoms with Gasteiger partial charge in [-0.15, -0.1) is 0 Å². The first-order valence-corrected chi connectivity index (χ1v) is 5.65. The topological polar surface area (TPSA) is 38.9 Å². The average molecular weight is 265 g/mol. The smallest absolute Gasteiger partial charge is 0.231 e. The SMILES string of the molecule is Clc1ccc(-c2cc3c(Cl)ncnc3o2)cc1. The van der Waals surface area contributed by atoms with Gasteiger partial charge in [0.25, 0.3) is 0 Å². The summed E-state index contributed by atoms with van der Waals surface area (Å²) in [5.41, 5.74) is 1.40.